The number of hydrogen-bond acceptors (Lipinski definition) is 5. The van der Waals surface area contributed by atoms with Gasteiger partial charge in [-0.25, -0.2) is 10.2 Å². The number of hydrogen-bond donors (Lipinski definition) is 4. The standard InChI is InChI=1S/C7H13N5O2/c8-4-1-2-12(3-4)5-6(13)9-7(14)11-10-5/h4-5,10H,1-3,8H2,(H2,9,11,13,14). The minimum absolute atomic E-state index is 0.113. The molecule has 0 aliphatic carbocycles. The van der Waals surface area contributed by atoms with E-state index in [2.05, 4.69) is 16.2 Å². The lowest BCUT2D eigenvalue weighted by molar-refractivity contribution is -0.127. The SMILES string of the molecule is NC1CCN(C2NNC(=O)NC2=O)C1. The Kier molecular flexibility index (Phi) is 2.36. The number of imide groups is 1. The summed E-state index contributed by atoms with van der Waals surface area (Å²) in [5.74, 6) is -0.331. The quantitative estimate of drug-likeness (QED) is 0.380. The zero-order valence-electron chi connectivity index (χ0n) is 7.62. The molecule has 2 aliphatic heterocycles. The third kappa shape index (κ3) is 1.69. The molecule has 2 saturated heterocycles. The van der Waals surface area contributed by atoms with Crippen LogP contribution in [0.2, 0.25) is 0 Å². The van der Waals surface area contributed by atoms with E-state index in [0.717, 1.165) is 13.0 Å². The zero-order chi connectivity index (χ0) is 10.1. The highest BCUT2D eigenvalue weighted by Crippen LogP contribution is 2.10. The molecule has 0 aromatic rings. The number of carbonyl (C=O) groups excluding carboxylic acids is 2. The molecule has 2 rings (SSSR count). The van der Waals surface area contributed by atoms with Crippen molar-refractivity contribution >= 4 is 11.9 Å². The Morgan fingerprint density at radius 1 is 1.43 bits per heavy atom. The Labute approximate surface area is 81.0 Å². The number of carbonyl (C=O) groups is 2. The van der Waals surface area contributed by atoms with Gasteiger partial charge < -0.3 is 5.73 Å². The monoisotopic (exact) mass is 199 g/mol. The third-order valence-corrected chi connectivity index (χ3v) is 2.43. The maximum Gasteiger partial charge on any atom is 0.335 e. The molecule has 2 unspecified atom stereocenters. The number of rotatable bonds is 1. The zero-order valence-corrected chi connectivity index (χ0v) is 7.62. The van der Waals surface area contributed by atoms with Crippen molar-refractivity contribution in [2.45, 2.75) is 18.6 Å². The number of amides is 3. The van der Waals surface area contributed by atoms with Crippen molar-refractivity contribution in [3.63, 3.8) is 0 Å². The normalized spacial score (nSPS) is 34.1. The van der Waals surface area contributed by atoms with Crippen LogP contribution in [0.5, 0.6) is 0 Å². The molecule has 7 nitrogen and oxygen atoms in total. The van der Waals surface area contributed by atoms with Crippen LogP contribution in [0.4, 0.5) is 4.79 Å². The van der Waals surface area contributed by atoms with E-state index >= 15 is 0 Å². The molecule has 2 aliphatic rings. The Hall–Kier alpha value is -1.18. The van der Waals surface area contributed by atoms with Gasteiger partial charge in [-0.2, -0.15) is 0 Å². The van der Waals surface area contributed by atoms with Crippen LogP contribution in [-0.4, -0.2) is 42.1 Å². The van der Waals surface area contributed by atoms with Gasteiger partial charge in [-0.1, -0.05) is 0 Å². The van der Waals surface area contributed by atoms with E-state index in [1.807, 2.05) is 4.90 Å². The van der Waals surface area contributed by atoms with Crippen molar-refractivity contribution < 1.29 is 9.59 Å². The molecule has 0 spiro atoms. The van der Waals surface area contributed by atoms with Gasteiger partial charge in [0.25, 0.3) is 5.91 Å². The topological polar surface area (TPSA) is 99.5 Å². The fourth-order valence-electron chi connectivity index (χ4n) is 1.72. The van der Waals surface area contributed by atoms with Crippen LogP contribution in [0.1, 0.15) is 6.42 Å². The van der Waals surface area contributed by atoms with Gasteiger partial charge in [0.15, 0.2) is 6.17 Å². The highest BCUT2D eigenvalue weighted by molar-refractivity contribution is 5.98. The maximum absolute atomic E-state index is 11.4. The van der Waals surface area contributed by atoms with Gasteiger partial charge in [0, 0.05) is 19.1 Å². The van der Waals surface area contributed by atoms with Crippen molar-refractivity contribution in [3.8, 4) is 0 Å². The van der Waals surface area contributed by atoms with Crippen LogP contribution in [0.15, 0.2) is 0 Å². The summed E-state index contributed by atoms with van der Waals surface area (Å²) >= 11 is 0. The summed E-state index contributed by atoms with van der Waals surface area (Å²) in [4.78, 5) is 24.0. The molecule has 0 saturated carbocycles. The van der Waals surface area contributed by atoms with Crippen molar-refractivity contribution in [2.24, 2.45) is 5.73 Å². The lowest BCUT2D eigenvalue weighted by atomic mass is 10.3. The molecule has 0 radical (unpaired) electrons. The molecule has 78 valence electrons. The summed E-state index contributed by atoms with van der Waals surface area (Å²) in [6.07, 6.45) is 0.376. The molecule has 2 atom stereocenters. The van der Waals surface area contributed by atoms with Gasteiger partial charge in [0.2, 0.25) is 0 Å². The smallest absolute Gasteiger partial charge is 0.326 e. The first kappa shape index (κ1) is 9.38. The average Bonchev–Trinajstić information content (AvgIpc) is 2.51. The summed E-state index contributed by atoms with van der Waals surface area (Å²) in [5.41, 5.74) is 10.7. The molecule has 3 amide bonds. The molecule has 14 heavy (non-hydrogen) atoms. The Morgan fingerprint density at radius 2 is 2.21 bits per heavy atom. The second-order valence-electron chi connectivity index (χ2n) is 3.53. The molecule has 5 N–H and O–H groups in total. The number of nitrogens with zero attached hydrogens (tertiary/aromatic N) is 1. The van der Waals surface area contributed by atoms with E-state index in [1.54, 1.807) is 0 Å². The maximum atomic E-state index is 11.4. The van der Waals surface area contributed by atoms with Gasteiger partial charge in [-0.05, 0) is 6.42 Å². The van der Waals surface area contributed by atoms with Crippen LogP contribution >= 0.6 is 0 Å². The van der Waals surface area contributed by atoms with E-state index in [1.165, 1.54) is 0 Å². The van der Waals surface area contributed by atoms with Gasteiger partial charge in [0.05, 0.1) is 0 Å². The molecule has 7 heteroatoms. The van der Waals surface area contributed by atoms with Crippen LogP contribution in [0.3, 0.4) is 0 Å². The van der Waals surface area contributed by atoms with Crippen LogP contribution in [0.25, 0.3) is 0 Å². The van der Waals surface area contributed by atoms with Crippen molar-refractivity contribution in [1.82, 2.24) is 21.1 Å². The second-order valence-corrected chi connectivity index (χ2v) is 3.53. The van der Waals surface area contributed by atoms with Crippen LogP contribution in [0, 0.1) is 0 Å². The number of hydrazine groups is 1. The van der Waals surface area contributed by atoms with Gasteiger partial charge in [-0.3, -0.25) is 20.4 Å². The molecule has 2 fully saturated rings. The van der Waals surface area contributed by atoms with Crippen molar-refractivity contribution in [1.29, 1.82) is 0 Å². The predicted octanol–water partition coefficient (Wildman–Crippen LogP) is -2.31. The van der Waals surface area contributed by atoms with Gasteiger partial charge in [-0.15, -0.1) is 0 Å². The number of urea groups is 1. The molecule has 0 aromatic carbocycles. The Bertz CT molecular complexity index is 269. The predicted molar refractivity (Wildman–Crippen MR) is 47.8 cm³/mol. The molecule has 2 heterocycles. The summed E-state index contributed by atoms with van der Waals surface area (Å²) in [7, 11) is 0. The molecule has 0 bridgehead atoms. The Morgan fingerprint density at radius 3 is 2.79 bits per heavy atom. The number of nitrogens with one attached hydrogen (secondary N) is 3. The van der Waals surface area contributed by atoms with Gasteiger partial charge in [0.1, 0.15) is 0 Å². The summed E-state index contributed by atoms with van der Waals surface area (Å²) < 4.78 is 0. The third-order valence-electron chi connectivity index (χ3n) is 2.43. The van der Waals surface area contributed by atoms with Crippen molar-refractivity contribution in [3.05, 3.63) is 0 Å². The summed E-state index contributed by atoms with van der Waals surface area (Å²) in [5, 5.41) is 2.19. The summed E-state index contributed by atoms with van der Waals surface area (Å²) in [6, 6.07) is -0.406. The fraction of sp³-hybridized carbons (Fsp3) is 0.714. The second kappa shape index (κ2) is 3.52. The highest BCUT2D eigenvalue weighted by atomic mass is 16.2. The average molecular weight is 199 g/mol. The minimum atomic E-state index is -0.519. The highest BCUT2D eigenvalue weighted by Gasteiger charge is 2.34. The first-order valence-corrected chi connectivity index (χ1v) is 4.53. The van der Waals surface area contributed by atoms with E-state index < -0.39 is 12.2 Å². The Balaban J connectivity index is 1.97. The fourth-order valence-corrected chi connectivity index (χ4v) is 1.72. The number of likely N-dealkylation sites (tertiary alicyclic amines) is 1. The molecular formula is C7H13N5O2. The first-order valence-electron chi connectivity index (χ1n) is 4.53. The van der Waals surface area contributed by atoms with E-state index in [-0.39, 0.29) is 11.9 Å². The van der Waals surface area contributed by atoms with Crippen LogP contribution in [-0.2, 0) is 4.79 Å². The molecular weight excluding hydrogens is 186 g/mol. The largest absolute Gasteiger partial charge is 0.335 e. The van der Waals surface area contributed by atoms with E-state index in [0.29, 0.717) is 6.54 Å². The minimum Gasteiger partial charge on any atom is -0.326 e. The number of nitrogens with two attached hydrogens (primary N) is 1. The lowest BCUT2D eigenvalue weighted by Crippen LogP contribution is -2.67. The summed E-state index contributed by atoms with van der Waals surface area (Å²) in [6.45, 7) is 1.43. The van der Waals surface area contributed by atoms with Crippen LogP contribution < -0.4 is 21.9 Å². The van der Waals surface area contributed by atoms with Gasteiger partial charge >= 0.3 is 6.03 Å². The first-order chi connectivity index (χ1) is 6.66. The molecule has 0 aromatic heterocycles. The van der Waals surface area contributed by atoms with E-state index in [9.17, 15) is 9.59 Å². The lowest BCUT2D eigenvalue weighted by Gasteiger charge is -2.30. The van der Waals surface area contributed by atoms with E-state index in [4.69, 9.17) is 5.73 Å². The van der Waals surface area contributed by atoms with Crippen molar-refractivity contribution in [2.75, 3.05) is 13.1 Å².